The van der Waals surface area contributed by atoms with Crippen LogP contribution >= 0.6 is 11.6 Å². The molecule has 2 nitrogen and oxygen atoms in total. The highest BCUT2D eigenvalue weighted by atomic mass is 35.5. The van der Waals surface area contributed by atoms with Gasteiger partial charge in [-0.05, 0) is 41.0 Å². The van der Waals surface area contributed by atoms with E-state index in [4.69, 9.17) is 16.3 Å². The second kappa shape index (κ2) is 6.54. The van der Waals surface area contributed by atoms with Crippen LogP contribution in [-0.4, -0.2) is 5.11 Å². The van der Waals surface area contributed by atoms with Crippen molar-refractivity contribution < 1.29 is 9.84 Å². The van der Waals surface area contributed by atoms with Gasteiger partial charge in [-0.3, -0.25) is 0 Å². The Balaban J connectivity index is 1.79. The van der Waals surface area contributed by atoms with Gasteiger partial charge in [-0.1, -0.05) is 60.1 Å². The lowest BCUT2D eigenvalue weighted by molar-refractivity contribution is 0.306. The molecule has 110 valence electrons. The Morgan fingerprint density at radius 1 is 0.818 bits per heavy atom. The van der Waals surface area contributed by atoms with E-state index in [-0.39, 0.29) is 5.75 Å². The van der Waals surface area contributed by atoms with E-state index in [2.05, 4.69) is 0 Å². The van der Waals surface area contributed by atoms with Crippen molar-refractivity contribution in [2.45, 2.75) is 6.61 Å². The number of benzene rings is 3. The van der Waals surface area contributed by atoms with Gasteiger partial charge in [0, 0.05) is 0 Å². The lowest BCUT2D eigenvalue weighted by Crippen LogP contribution is -1.94. The largest absolute Gasteiger partial charge is 0.506 e. The summed E-state index contributed by atoms with van der Waals surface area (Å²) in [6.45, 7) is 0.524. The molecule has 0 aromatic heterocycles. The van der Waals surface area contributed by atoms with Crippen LogP contribution in [0.2, 0.25) is 5.02 Å². The van der Waals surface area contributed by atoms with E-state index >= 15 is 0 Å². The average molecular weight is 311 g/mol. The van der Waals surface area contributed by atoms with Crippen LogP contribution in [0.3, 0.4) is 0 Å². The van der Waals surface area contributed by atoms with Gasteiger partial charge in [-0.25, -0.2) is 0 Å². The van der Waals surface area contributed by atoms with Gasteiger partial charge in [-0.2, -0.15) is 0 Å². The van der Waals surface area contributed by atoms with E-state index in [0.29, 0.717) is 11.6 Å². The first-order valence-electron chi connectivity index (χ1n) is 6.98. The molecule has 3 aromatic carbocycles. The quantitative estimate of drug-likeness (QED) is 0.709. The predicted octanol–water partition coefficient (Wildman–Crippen LogP) is 5.29. The molecule has 0 spiro atoms. The van der Waals surface area contributed by atoms with Gasteiger partial charge >= 0.3 is 0 Å². The number of hydrogen-bond acceptors (Lipinski definition) is 2. The number of phenolic OH excluding ortho intramolecular Hbond substituents is 1. The molecule has 0 saturated heterocycles. The van der Waals surface area contributed by atoms with Crippen LogP contribution in [-0.2, 0) is 6.61 Å². The van der Waals surface area contributed by atoms with Gasteiger partial charge in [0.1, 0.15) is 18.1 Å². The van der Waals surface area contributed by atoms with Crippen LogP contribution in [0.25, 0.3) is 11.1 Å². The standard InChI is InChI=1S/C19H15ClO2/c20-18-10-9-16(12-19(18)21)15-7-4-8-17(11-15)22-13-14-5-2-1-3-6-14/h1-12,21H,13H2. The molecule has 3 rings (SSSR count). The molecule has 3 heteroatoms. The summed E-state index contributed by atoms with van der Waals surface area (Å²) in [6.07, 6.45) is 0. The number of phenols is 1. The SMILES string of the molecule is Oc1cc(-c2cccc(OCc3ccccc3)c2)ccc1Cl. The average Bonchev–Trinajstić information content (AvgIpc) is 2.57. The maximum absolute atomic E-state index is 9.72. The first-order chi connectivity index (χ1) is 10.7. The third-order valence-corrected chi connectivity index (χ3v) is 3.68. The topological polar surface area (TPSA) is 29.5 Å². The molecule has 0 bridgehead atoms. The summed E-state index contributed by atoms with van der Waals surface area (Å²) in [5.74, 6) is 0.866. The molecule has 0 atom stereocenters. The van der Waals surface area contributed by atoms with Crippen LogP contribution in [0.4, 0.5) is 0 Å². The third-order valence-electron chi connectivity index (χ3n) is 3.36. The van der Waals surface area contributed by atoms with Crippen molar-refractivity contribution in [2.24, 2.45) is 0 Å². The third kappa shape index (κ3) is 3.41. The van der Waals surface area contributed by atoms with Crippen molar-refractivity contribution in [1.82, 2.24) is 0 Å². The van der Waals surface area contributed by atoms with Crippen LogP contribution in [0.1, 0.15) is 5.56 Å². The zero-order valence-corrected chi connectivity index (χ0v) is 12.6. The Hall–Kier alpha value is -2.45. The summed E-state index contributed by atoms with van der Waals surface area (Å²) in [5.41, 5.74) is 2.99. The van der Waals surface area contributed by atoms with E-state index in [1.165, 1.54) is 0 Å². The smallest absolute Gasteiger partial charge is 0.134 e. The summed E-state index contributed by atoms with van der Waals surface area (Å²) in [5, 5.41) is 10.1. The van der Waals surface area contributed by atoms with Gasteiger partial charge in [0.2, 0.25) is 0 Å². The minimum atomic E-state index is 0.0785. The van der Waals surface area contributed by atoms with Crippen molar-refractivity contribution >= 4 is 11.6 Å². The van der Waals surface area contributed by atoms with Gasteiger partial charge in [0.05, 0.1) is 5.02 Å². The Labute approximate surface area is 134 Å². The van der Waals surface area contributed by atoms with Gasteiger partial charge in [0.25, 0.3) is 0 Å². The molecule has 0 aliphatic rings. The van der Waals surface area contributed by atoms with Crippen molar-refractivity contribution in [3.63, 3.8) is 0 Å². The lowest BCUT2D eigenvalue weighted by Gasteiger charge is -2.09. The molecule has 0 aliphatic carbocycles. The van der Waals surface area contributed by atoms with Gasteiger partial charge < -0.3 is 9.84 Å². The van der Waals surface area contributed by atoms with Gasteiger partial charge in [-0.15, -0.1) is 0 Å². The minimum absolute atomic E-state index is 0.0785. The minimum Gasteiger partial charge on any atom is -0.506 e. The highest BCUT2D eigenvalue weighted by Gasteiger charge is 2.04. The van der Waals surface area contributed by atoms with Crippen LogP contribution in [0.5, 0.6) is 11.5 Å². The van der Waals surface area contributed by atoms with Gasteiger partial charge in [0.15, 0.2) is 0 Å². The molecule has 0 heterocycles. The predicted molar refractivity (Wildman–Crippen MR) is 89.3 cm³/mol. The Morgan fingerprint density at radius 2 is 1.59 bits per heavy atom. The maximum atomic E-state index is 9.72. The molecular formula is C19H15ClO2. The van der Waals surface area contributed by atoms with Crippen LogP contribution < -0.4 is 4.74 Å². The molecule has 0 aliphatic heterocycles. The number of rotatable bonds is 4. The summed E-state index contributed by atoms with van der Waals surface area (Å²) in [4.78, 5) is 0. The summed E-state index contributed by atoms with van der Waals surface area (Å²) in [6, 6.07) is 23.0. The fraction of sp³-hybridized carbons (Fsp3) is 0.0526. The van der Waals surface area contributed by atoms with Crippen LogP contribution in [0.15, 0.2) is 72.8 Å². The molecule has 0 radical (unpaired) electrons. The highest BCUT2D eigenvalue weighted by Crippen LogP contribution is 2.31. The summed E-state index contributed by atoms with van der Waals surface area (Å²) < 4.78 is 5.82. The molecule has 0 saturated carbocycles. The van der Waals surface area contributed by atoms with E-state index in [9.17, 15) is 5.11 Å². The Morgan fingerprint density at radius 3 is 2.36 bits per heavy atom. The highest BCUT2D eigenvalue weighted by molar-refractivity contribution is 6.32. The fourth-order valence-electron chi connectivity index (χ4n) is 2.20. The van der Waals surface area contributed by atoms with Crippen molar-refractivity contribution in [3.05, 3.63) is 83.4 Å². The van der Waals surface area contributed by atoms with Crippen molar-refractivity contribution in [2.75, 3.05) is 0 Å². The monoisotopic (exact) mass is 310 g/mol. The molecule has 3 aromatic rings. The fourth-order valence-corrected chi connectivity index (χ4v) is 2.32. The lowest BCUT2D eigenvalue weighted by atomic mass is 10.1. The number of halogens is 1. The number of ether oxygens (including phenoxy) is 1. The molecule has 0 unspecified atom stereocenters. The van der Waals surface area contributed by atoms with E-state index < -0.39 is 0 Å². The van der Waals surface area contributed by atoms with Crippen molar-refractivity contribution in [3.8, 4) is 22.6 Å². The second-order valence-electron chi connectivity index (χ2n) is 4.97. The molecule has 1 N–H and O–H groups in total. The number of hydrogen-bond donors (Lipinski definition) is 1. The second-order valence-corrected chi connectivity index (χ2v) is 5.38. The Kier molecular flexibility index (Phi) is 4.31. The molecule has 0 amide bonds. The Bertz CT molecular complexity index is 769. The van der Waals surface area contributed by atoms with E-state index in [1.807, 2.05) is 60.7 Å². The zero-order valence-electron chi connectivity index (χ0n) is 11.9. The normalized spacial score (nSPS) is 10.4. The van der Waals surface area contributed by atoms with E-state index in [1.54, 1.807) is 12.1 Å². The summed E-state index contributed by atoms with van der Waals surface area (Å²) in [7, 11) is 0. The van der Waals surface area contributed by atoms with E-state index in [0.717, 1.165) is 22.4 Å². The first kappa shape index (κ1) is 14.5. The summed E-state index contributed by atoms with van der Waals surface area (Å²) >= 11 is 5.84. The molecule has 22 heavy (non-hydrogen) atoms. The number of aromatic hydroxyl groups is 1. The maximum Gasteiger partial charge on any atom is 0.134 e. The zero-order chi connectivity index (χ0) is 15.4. The first-order valence-corrected chi connectivity index (χ1v) is 7.36. The molecule has 0 fully saturated rings. The van der Waals surface area contributed by atoms with Crippen LogP contribution in [0, 0.1) is 0 Å². The van der Waals surface area contributed by atoms with Crippen molar-refractivity contribution in [1.29, 1.82) is 0 Å². The molecular weight excluding hydrogens is 296 g/mol.